The molecule has 2 aromatic rings. The normalized spacial score (nSPS) is 11.6. The zero-order valence-corrected chi connectivity index (χ0v) is 18.1. The van der Waals surface area contributed by atoms with E-state index >= 15 is 0 Å². The molecule has 0 saturated carbocycles. The maximum Gasteiger partial charge on any atom is 0.269 e. The quantitative estimate of drug-likeness (QED) is 0.336. The fourth-order valence-corrected chi connectivity index (χ4v) is 3.87. The lowest BCUT2D eigenvalue weighted by atomic mass is 10.1. The first kappa shape index (κ1) is 22.0. The monoisotopic (exact) mass is 468 g/mol. The second-order valence-corrected chi connectivity index (χ2v) is 8.12. The molecular weight excluding hydrogens is 448 g/mol. The van der Waals surface area contributed by atoms with Gasteiger partial charge in [-0.05, 0) is 43.2 Å². The highest BCUT2D eigenvalue weighted by Crippen LogP contribution is 2.33. The van der Waals surface area contributed by atoms with Crippen LogP contribution in [-0.4, -0.2) is 36.8 Å². The first-order valence-electron chi connectivity index (χ1n) is 8.45. The van der Waals surface area contributed by atoms with Gasteiger partial charge in [0.05, 0.1) is 24.4 Å². The number of rotatable bonds is 9. The van der Waals surface area contributed by atoms with E-state index in [1.807, 2.05) is 12.1 Å². The SMILES string of the molecule is COc1cc(Br)c(CCNC(=O)C(C)Sc2ccc([N+](=O)[O-])cc2)cc1OC. The van der Waals surface area contributed by atoms with Crippen molar-refractivity contribution in [3.8, 4) is 11.5 Å². The zero-order chi connectivity index (χ0) is 20.7. The number of nitrogens with zero attached hydrogens (tertiary/aromatic N) is 1. The van der Waals surface area contributed by atoms with Gasteiger partial charge in [-0.1, -0.05) is 15.9 Å². The summed E-state index contributed by atoms with van der Waals surface area (Å²) in [7, 11) is 3.16. The number of methoxy groups -OCH3 is 2. The van der Waals surface area contributed by atoms with Crippen LogP contribution in [0.25, 0.3) is 0 Å². The van der Waals surface area contributed by atoms with Gasteiger partial charge in [-0.2, -0.15) is 0 Å². The fraction of sp³-hybridized carbons (Fsp3) is 0.316. The Morgan fingerprint density at radius 1 is 1.21 bits per heavy atom. The predicted molar refractivity (Wildman–Crippen MR) is 112 cm³/mol. The number of hydrogen-bond donors (Lipinski definition) is 1. The molecular formula is C19H21BrN2O5S. The van der Waals surface area contributed by atoms with E-state index in [0.29, 0.717) is 24.5 Å². The highest BCUT2D eigenvalue weighted by atomic mass is 79.9. The van der Waals surface area contributed by atoms with Gasteiger partial charge in [-0.15, -0.1) is 11.8 Å². The molecule has 2 aromatic carbocycles. The van der Waals surface area contributed by atoms with E-state index in [2.05, 4.69) is 21.2 Å². The topological polar surface area (TPSA) is 90.7 Å². The Labute approximate surface area is 176 Å². The molecule has 1 atom stereocenters. The van der Waals surface area contributed by atoms with Crippen LogP contribution >= 0.6 is 27.7 Å². The van der Waals surface area contributed by atoms with Crippen LogP contribution in [0.2, 0.25) is 0 Å². The number of nitrogens with one attached hydrogen (secondary N) is 1. The largest absolute Gasteiger partial charge is 0.493 e. The van der Waals surface area contributed by atoms with E-state index < -0.39 is 4.92 Å². The fourth-order valence-electron chi connectivity index (χ4n) is 2.46. The standard InChI is InChI=1S/C19H21BrN2O5S/c1-12(28-15-6-4-14(5-7-15)22(24)25)19(23)21-9-8-13-10-17(26-2)18(27-3)11-16(13)20/h4-7,10-12H,8-9H2,1-3H3,(H,21,23). The maximum absolute atomic E-state index is 12.3. The molecule has 0 aliphatic heterocycles. The minimum atomic E-state index is -0.448. The van der Waals surface area contributed by atoms with Crippen LogP contribution in [0, 0.1) is 10.1 Å². The molecule has 0 radical (unpaired) electrons. The van der Waals surface area contributed by atoms with Crippen molar-refractivity contribution in [3.63, 3.8) is 0 Å². The lowest BCUT2D eigenvalue weighted by Gasteiger charge is -2.14. The molecule has 9 heteroatoms. The summed E-state index contributed by atoms with van der Waals surface area (Å²) in [4.78, 5) is 23.4. The second-order valence-electron chi connectivity index (χ2n) is 5.85. The summed E-state index contributed by atoms with van der Waals surface area (Å²) in [5.74, 6) is 1.17. The van der Waals surface area contributed by atoms with Crippen molar-refractivity contribution in [3.05, 3.63) is 56.5 Å². The lowest BCUT2D eigenvalue weighted by molar-refractivity contribution is -0.384. The number of hydrogen-bond acceptors (Lipinski definition) is 6. The van der Waals surface area contributed by atoms with E-state index in [9.17, 15) is 14.9 Å². The minimum absolute atomic E-state index is 0.0296. The predicted octanol–water partition coefficient (Wildman–Crippen LogP) is 4.21. The third-order valence-corrected chi connectivity index (χ3v) is 5.83. The first-order valence-corrected chi connectivity index (χ1v) is 10.1. The average Bonchev–Trinajstić information content (AvgIpc) is 2.69. The first-order chi connectivity index (χ1) is 13.3. The van der Waals surface area contributed by atoms with Crippen molar-refractivity contribution in [2.75, 3.05) is 20.8 Å². The number of ether oxygens (including phenoxy) is 2. The summed E-state index contributed by atoms with van der Waals surface area (Å²) < 4.78 is 11.4. The Morgan fingerprint density at radius 2 is 1.82 bits per heavy atom. The molecule has 0 fully saturated rings. The van der Waals surface area contributed by atoms with Crippen molar-refractivity contribution >= 4 is 39.3 Å². The van der Waals surface area contributed by atoms with Crippen LogP contribution in [0.15, 0.2) is 45.8 Å². The van der Waals surface area contributed by atoms with Crippen LogP contribution in [0.1, 0.15) is 12.5 Å². The van der Waals surface area contributed by atoms with Crippen molar-refractivity contribution in [2.45, 2.75) is 23.5 Å². The van der Waals surface area contributed by atoms with E-state index in [0.717, 1.165) is 14.9 Å². The molecule has 0 spiro atoms. The molecule has 28 heavy (non-hydrogen) atoms. The van der Waals surface area contributed by atoms with Crippen LogP contribution in [-0.2, 0) is 11.2 Å². The Hall–Kier alpha value is -2.26. The van der Waals surface area contributed by atoms with Gasteiger partial charge < -0.3 is 14.8 Å². The molecule has 0 aliphatic carbocycles. The Bertz CT molecular complexity index is 845. The Kier molecular flexibility index (Phi) is 8.13. The Morgan fingerprint density at radius 3 is 2.39 bits per heavy atom. The lowest BCUT2D eigenvalue weighted by Crippen LogP contribution is -2.32. The highest BCUT2D eigenvalue weighted by molar-refractivity contribution is 9.10. The van der Waals surface area contributed by atoms with Gasteiger partial charge in [0.15, 0.2) is 11.5 Å². The smallest absolute Gasteiger partial charge is 0.269 e. The molecule has 1 amide bonds. The molecule has 1 unspecified atom stereocenters. The number of carbonyl (C=O) groups is 1. The number of nitro benzene ring substituents is 1. The summed E-state index contributed by atoms with van der Waals surface area (Å²) in [6, 6.07) is 9.87. The molecule has 0 aliphatic rings. The maximum atomic E-state index is 12.3. The van der Waals surface area contributed by atoms with Crippen molar-refractivity contribution in [1.29, 1.82) is 0 Å². The highest BCUT2D eigenvalue weighted by Gasteiger charge is 2.15. The van der Waals surface area contributed by atoms with E-state index in [1.165, 1.54) is 23.9 Å². The third-order valence-electron chi connectivity index (χ3n) is 3.98. The third kappa shape index (κ3) is 5.87. The summed E-state index contributed by atoms with van der Waals surface area (Å²) in [5.41, 5.74) is 1.02. The van der Waals surface area contributed by atoms with E-state index in [1.54, 1.807) is 33.3 Å². The Balaban J connectivity index is 1.88. The molecule has 0 heterocycles. The molecule has 0 aromatic heterocycles. The summed E-state index contributed by atoms with van der Waals surface area (Å²) in [5, 5.41) is 13.3. The van der Waals surface area contributed by atoms with Crippen molar-refractivity contribution in [2.24, 2.45) is 0 Å². The number of non-ortho nitro benzene ring substituents is 1. The summed E-state index contributed by atoms with van der Waals surface area (Å²) in [6.07, 6.45) is 0.627. The number of halogens is 1. The number of benzene rings is 2. The minimum Gasteiger partial charge on any atom is -0.493 e. The van der Waals surface area contributed by atoms with E-state index in [4.69, 9.17) is 9.47 Å². The van der Waals surface area contributed by atoms with Gasteiger partial charge in [-0.3, -0.25) is 14.9 Å². The molecule has 150 valence electrons. The van der Waals surface area contributed by atoms with Crippen molar-refractivity contribution in [1.82, 2.24) is 5.32 Å². The van der Waals surface area contributed by atoms with E-state index in [-0.39, 0.29) is 16.8 Å². The van der Waals surface area contributed by atoms with Gasteiger partial charge in [0, 0.05) is 28.0 Å². The van der Waals surface area contributed by atoms with Gasteiger partial charge in [0.25, 0.3) is 5.69 Å². The van der Waals surface area contributed by atoms with Gasteiger partial charge in [-0.25, -0.2) is 0 Å². The number of thioether (sulfide) groups is 1. The average molecular weight is 469 g/mol. The molecule has 2 rings (SSSR count). The second kappa shape index (κ2) is 10.3. The van der Waals surface area contributed by atoms with Crippen LogP contribution < -0.4 is 14.8 Å². The van der Waals surface area contributed by atoms with Crippen molar-refractivity contribution < 1.29 is 19.2 Å². The zero-order valence-electron chi connectivity index (χ0n) is 15.7. The molecule has 0 saturated heterocycles. The summed E-state index contributed by atoms with van der Waals surface area (Å²) in [6.45, 7) is 2.27. The van der Waals surface area contributed by atoms with Crippen LogP contribution in [0.4, 0.5) is 5.69 Å². The van der Waals surface area contributed by atoms with Gasteiger partial charge >= 0.3 is 0 Å². The van der Waals surface area contributed by atoms with Crippen LogP contribution in [0.5, 0.6) is 11.5 Å². The van der Waals surface area contributed by atoms with Gasteiger partial charge in [0.2, 0.25) is 5.91 Å². The molecule has 7 nitrogen and oxygen atoms in total. The number of amides is 1. The summed E-state index contributed by atoms with van der Waals surface area (Å²) >= 11 is 4.86. The van der Waals surface area contributed by atoms with Crippen LogP contribution in [0.3, 0.4) is 0 Å². The number of carbonyl (C=O) groups excluding carboxylic acids is 1. The molecule has 0 bridgehead atoms. The van der Waals surface area contributed by atoms with Gasteiger partial charge in [0.1, 0.15) is 0 Å². The molecule has 1 N–H and O–H groups in total. The number of nitro groups is 1.